The smallest absolute Gasteiger partial charge is 0.111 e. The van der Waals surface area contributed by atoms with Gasteiger partial charge < -0.3 is 15.8 Å². The lowest BCUT2D eigenvalue weighted by molar-refractivity contribution is 0.309. The molecule has 0 rings (SSSR count). The fourth-order valence-corrected chi connectivity index (χ4v) is 0.553. The van der Waals surface area contributed by atoms with Crippen LogP contribution in [0, 0.1) is 0 Å². The minimum absolute atomic E-state index is 0.595. The Hall–Kier alpha value is -1.22. The summed E-state index contributed by atoms with van der Waals surface area (Å²) in [5, 5.41) is 3.01. The van der Waals surface area contributed by atoms with E-state index < -0.39 is 0 Å². The maximum atomic E-state index is 5.29. The summed E-state index contributed by atoms with van der Waals surface area (Å²) in [4.78, 5) is 0. The molecule has 0 saturated carbocycles. The molecular weight excluding hydrogens is 176 g/mol. The van der Waals surface area contributed by atoms with Crippen molar-refractivity contribution in [2.75, 3.05) is 20.2 Å². The SMILES string of the molecule is C=C(/C=C\C(=C)OC)NCCN.CC. The van der Waals surface area contributed by atoms with E-state index in [2.05, 4.69) is 18.5 Å². The van der Waals surface area contributed by atoms with Crippen LogP contribution in [0.3, 0.4) is 0 Å². The first-order valence-corrected chi connectivity index (χ1v) is 4.74. The van der Waals surface area contributed by atoms with Gasteiger partial charge in [0.2, 0.25) is 0 Å². The minimum atomic E-state index is 0.595. The average Bonchev–Trinajstić information content (AvgIpc) is 2.25. The van der Waals surface area contributed by atoms with Crippen LogP contribution in [0.25, 0.3) is 0 Å². The van der Waals surface area contributed by atoms with Gasteiger partial charge in [-0.1, -0.05) is 27.0 Å². The molecule has 3 N–H and O–H groups in total. The Kier molecular flexibility index (Phi) is 12.8. The monoisotopic (exact) mass is 198 g/mol. The normalized spacial score (nSPS) is 8.86. The summed E-state index contributed by atoms with van der Waals surface area (Å²) in [7, 11) is 1.57. The number of methoxy groups -OCH3 is 1. The molecule has 0 unspecified atom stereocenters. The highest BCUT2D eigenvalue weighted by Gasteiger charge is 1.86. The summed E-state index contributed by atoms with van der Waals surface area (Å²) in [6, 6.07) is 0. The van der Waals surface area contributed by atoms with Gasteiger partial charge in [-0.05, 0) is 12.2 Å². The number of ether oxygens (including phenoxy) is 1. The topological polar surface area (TPSA) is 47.3 Å². The fraction of sp³-hybridized carbons (Fsp3) is 0.455. The average molecular weight is 198 g/mol. The lowest BCUT2D eigenvalue weighted by Crippen LogP contribution is -2.20. The quantitative estimate of drug-likeness (QED) is 0.505. The molecule has 0 aliphatic carbocycles. The van der Waals surface area contributed by atoms with Gasteiger partial charge in [0, 0.05) is 18.8 Å². The van der Waals surface area contributed by atoms with E-state index in [0.717, 1.165) is 12.2 Å². The molecular formula is C11H22N2O. The van der Waals surface area contributed by atoms with Crippen molar-refractivity contribution >= 4 is 0 Å². The molecule has 0 atom stereocenters. The number of nitrogens with two attached hydrogens (primary N) is 1. The van der Waals surface area contributed by atoms with Gasteiger partial charge in [0.25, 0.3) is 0 Å². The fourth-order valence-electron chi connectivity index (χ4n) is 0.553. The van der Waals surface area contributed by atoms with Crippen molar-refractivity contribution in [1.29, 1.82) is 0 Å². The summed E-state index contributed by atoms with van der Waals surface area (Å²) in [6.07, 6.45) is 3.54. The largest absolute Gasteiger partial charge is 0.497 e. The summed E-state index contributed by atoms with van der Waals surface area (Å²) >= 11 is 0. The van der Waals surface area contributed by atoms with E-state index in [0.29, 0.717) is 12.3 Å². The first-order chi connectivity index (χ1) is 6.70. The van der Waals surface area contributed by atoms with Crippen LogP contribution < -0.4 is 11.1 Å². The molecule has 0 aliphatic rings. The standard InChI is InChI=1S/C9H16N2O.C2H6/c1-8(11-7-6-10)4-5-9(2)12-3;1-2/h4-5,11H,1-2,6-7,10H2,3H3;1-2H3/b5-4-;. The molecule has 0 aromatic heterocycles. The van der Waals surface area contributed by atoms with Gasteiger partial charge >= 0.3 is 0 Å². The summed E-state index contributed by atoms with van der Waals surface area (Å²) < 4.78 is 4.83. The number of nitrogens with one attached hydrogen (secondary N) is 1. The van der Waals surface area contributed by atoms with E-state index in [1.54, 1.807) is 19.3 Å². The highest BCUT2D eigenvalue weighted by atomic mass is 16.5. The molecule has 0 amide bonds. The summed E-state index contributed by atoms with van der Waals surface area (Å²) in [6.45, 7) is 12.7. The van der Waals surface area contributed by atoms with E-state index in [4.69, 9.17) is 10.5 Å². The van der Waals surface area contributed by atoms with Gasteiger partial charge in [0.1, 0.15) is 5.76 Å². The summed E-state index contributed by atoms with van der Waals surface area (Å²) in [5.41, 5.74) is 6.09. The molecule has 14 heavy (non-hydrogen) atoms. The molecule has 82 valence electrons. The molecule has 0 bridgehead atoms. The highest BCUT2D eigenvalue weighted by molar-refractivity contribution is 5.19. The Balaban J connectivity index is 0. The van der Waals surface area contributed by atoms with Crippen LogP contribution in [0.2, 0.25) is 0 Å². The van der Waals surface area contributed by atoms with Gasteiger partial charge in [-0.25, -0.2) is 0 Å². The molecule has 0 heterocycles. The number of rotatable bonds is 6. The van der Waals surface area contributed by atoms with Gasteiger partial charge in [-0.15, -0.1) is 0 Å². The second-order valence-corrected chi connectivity index (χ2v) is 2.24. The molecule has 0 spiro atoms. The zero-order valence-electron chi connectivity index (χ0n) is 9.47. The Bertz CT molecular complexity index is 186. The predicted octanol–water partition coefficient (Wildman–Crippen LogP) is 1.79. The molecule has 3 heteroatoms. The van der Waals surface area contributed by atoms with Crippen molar-refractivity contribution in [3.05, 3.63) is 36.8 Å². The zero-order valence-corrected chi connectivity index (χ0v) is 9.47. The van der Waals surface area contributed by atoms with Crippen LogP contribution in [0.5, 0.6) is 0 Å². The van der Waals surface area contributed by atoms with Crippen LogP contribution in [0.1, 0.15) is 13.8 Å². The first kappa shape index (κ1) is 15.3. The Labute approximate surface area is 87.3 Å². The van der Waals surface area contributed by atoms with Crippen molar-refractivity contribution in [3.63, 3.8) is 0 Å². The molecule has 0 saturated heterocycles. The predicted molar refractivity (Wildman–Crippen MR) is 62.8 cm³/mol. The molecule has 0 fully saturated rings. The second kappa shape index (κ2) is 11.8. The molecule has 3 nitrogen and oxygen atoms in total. The van der Waals surface area contributed by atoms with Gasteiger partial charge in [-0.2, -0.15) is 0 Å². The molecule has 0 radical (unpaired) electrons. The third-order valence-corrected chi connectivity index (χ3v) is 1.23. The molecule has 0 aromatic rings. The van der Waals surface area contributed by atoms with Gasteiger partial charge in [0.15, 0.2) is 0 Å². The third kappa shape index (κ3) is 10.8. The van der Waals surface area contributed by atoms with Crippen LogP contribution >= 0.6 is 0 Å². The number of hydrogen-bond donors (Lipinski definition) is 2. The third-order valence-electron chi connectivity index (χ3n) is 1.23. The Morgan fingerprint density at radius 2 is 1.93 bits per heavy atom. The van der Waals surface area contributed by atoms with Crippen LogP contribution in [0.15, 0.2) is 36.8 Å². The number of hydrogen-bond acceptors (Lipinski definition) is 3. The van der Waals surface area contributed by atoms with E-state index in [9.17, 15) is 0 Å². The molecule has 0 aromatic carbocycles. The number of allylic oxidation sites excluding steroid dienone is 2. The molecule has 0 aliphatic heterocycles. The van der Waals surface area contributed by atoms with Crippen LogP contribution in [0.4, 0.5) is 0 Å². The van der Waals surface area contributed by atoms with E-state index in [1.165, 1.54) is 0 Å². The van der Waals surface area contributed by atoms with Gasteiger partial charge in [-0.3, -0.25) is 0 Å². The van der Waals surface area contributed by atoms with Crippen molar-refractivity contribution in [1.82, 2.24) is 5.32 Å². The van der Waals surface area contributed by atoms with Crippen molar-refractivity contribution in [2.24, 2.45) is 5.73 Å². The zero-order chi connectivity index (χ0) is 11.4. The summed E-state index contributed by atoms with van der Waals surface area (Å²) in [5.74, 6) is 0.602. The van der Waals surface area contributed by atoms with E-state index >= 15 is 0 Å². The lowest BCUT2D eigenvalue weighted by Gasteiger charge is -2.02. The van der Waals surface area contributed by atoms with Crippen molar-refractivity contribution in [2.45, 2.75) is 13.8 Å². The van der Waals surface area contributed by atoms with Crippen molar-refractivity contribution < 1.29 is 4.74 Å². The van der Waals surface area contributed by atoms with E-state index in [-0.39, 0.29) is 0 Å². The van der Waals surface area contributed by atoms with Crippen molar-refractivity contribution in [3.8, 4) is 0 Å². The van der Waals surface area contributed by atoms with E-state index in [1.807, 2.05) is 13.8 Å². The van der Waals surface area contributed by atoms with Crippen LogP contribution in [-0.4, -0.2) is 20.2 Å². The Morgan fingerprint density at radius 1 is 1.36 bits per heavy atom. The minimum Gasteiger partial charge on any atom is -0.497 e. The maximum absolute atomic E-state index is 5.29. The first-order valence-electron chi connectivity index (χ1n) is 4.74. The lowest BCUT2D eigenvalue weighted by atomic mass is 10.4. The maximum Gasteiger partial charge on any atom is 0.111 e. The highest BCUT2D eigenvalue weighted by Crippen LogP contribution is 1.95. The van der Waals surface area contributed by atoms with Gasteiger partial charge in [0.05, 0.1) is 7.11 Å². The van der Waals surface area contributed by atoms with Crippen LogP contribution in [-0.2, 0) is 4.74 Å². The second-order valence-electron chi connectivity index (χ2n) is 2.24. The Morgan fingerprint density at radius 3 is 2.36 bits per heavy atom.